The predicted octanol–water partition coefficient (Wildman–Crippen LogP) is 2.50. The second kappa shape index (κ2) is 5.89. The summed E-state index contributed by atoms with van der Waals surface area (Å²) in [6.07, 6.45) is 3.40. The molecule has 0 fully saturated rings. The van der Waals surface area contributed by atoms with Crippen molar-refractivity contribution in [2.24, 2.45) is 0 Å². The van der Waals surface area contributed by atoms with E-state index in [1.807, 2.05) is 49.3 Å². The Morgan fingerprint density at radius 2 is 1.84 bits per heavy atom. The van der Waals surface area contributed by atoms with Crippen molar-refractivity contribution < 1.29 is 4.79 Å². The molecule has 0 amide bonds. The fourth-order valence-corrected chi connectivity index (χ4v) is 2.32. The molecule has 0 aliphatic carbocycles. The summed E-state index contributed by atoms with van der Waals surface area (Å²) in [6.45, 7) is 0. The van der Waals surface area contributed by atoms with Crippen molar-refractivity contribution in [1.29, 1.82) is 0 Å². The van der Waals surface area contributed by atoms with Crippen LogP contribution in [-0.4, -0.2) is 27.7 Å². The lowest BCUT2D eigenvalue weighted by Crippen LogP contribution is -2.07. The van der Waals surface area contributed by atoms with Gasteiger partial charge in [-0.3, -0.25) is 4.79 Å². The van der Waals surface area contributed by atoms with Crippen molar-refractivity contribution >= 4 is 41.5 Å². The quantitative estimate of drug-likeness (QED) is 0.482. The molecule has 0 N–H and O–H groups in total. The van der Waals surface area contributed by atoms with Crippen molar-refractivity contribution in [3.8, 4) is 0 Å². The molecule has 2 radical (unpaired) electrons. The lowest BCUT2D eigenvalue weighted by atomic mass is 10.1. The van der Waals surface area contributed by atoms with Crippen molar-refractivity contribution in [3.63, 3.8) is 0 Å². The molecule has 94 valence electrons. The Kier molecular flexibility index (Phi) is 4.22. The van der Waals surface area contributed by atoms with Gasteiger partial charge in [-0.1, -0.05) is 24.3 Å². The molecule has 1 aromatic heterocycles. The third kappa shape index (κ3) is 3.58. The maximum absolute atomic E-state index is 11.9. The third-order valence-corrected chi connectivity index (χ3v) is 3.64. The van der Waals surface area contributed by atoms with Gasteiger partial charge in [0.15, 0.2) is 5.78 Å². The van der Waals surface area contributed by atoms with Crippen molar-refractivity contribution in [2.75, 3.05) is 19.0 Å². The van der Waals surface area contributed by atoms with Crippen LogP contribution >= 0.6 is 11.3 Å². The molecule has 2 nitrogen and oxygen atoms in total. The SMILES string of the molecule is [B]c1ccc(C(=O)/C=C/c2ccc(N(C)C)cc2)s1. The number of hydrogen-bond donors (Lipinski definition) is 0. The molecule has 0 bridgehead atoms. The average molecular weight is 267 g/mol. The highest BCUT2D eigenvalue weighted by molar-refractivity contribution is 7.21. The zero-order valence-corrected chi connectivity index (χ0v) is 11.8. The first-order valence-corrected chi connectivity index (χ1v) is 6.73. The zero-order valence-electron chi connectivity index (χ0n) is 11.0. The molecule has 19 heavy (non-hydrogen) atoms. The molecular weight excluding hydrogens is 253 g/mol. The van der Waals surface area contributed by atoms with Crippen molar-refractivity contribution in [3.05, 3.63) is 52.9 Å². The van der Waals surface area contributed by atoms with Crippen LogP contribution in [0.4, 0.5) is 5.69 Å². The Balaban J connectivity index is 2.08. The van der Waals surface area contributed by atoms with E-state index < -0.39 is 0 Å². The van der Waals surface area contributed by atoms with Crippen LogP contribution in [0.1, 0.15) is 15.2 Å². The van der Waals surface area contributed by atoms with Gasteiger partial charge in [-0.25, -0.2) is 0 Å². The molecule has 0 atom stereocenters. The summed E-state index contributed by atoms with van der Waals surface area (Å²) in [6, 6.07) is 11.5. The van der Waals surface area contributed by atoms with E-state index in [1.165, 1.54) is 11.3 Å². The number of benzene rings is 1. The molecule has 0 aliphatic heterocycles. The summed E-state index contributed by atoms with van der Waals surface area (Å²) in [5.41, 5.74) is 2.14. The first-order chi connectivity index (χ1) is 9.06. The molecule has 0 aliphatic rings. The number of nitrogens with zero attached hydrogens (tertiary/aromatic N) is 1. The Bertz CT molecular complexity index is 599. The van der Waals surface area contributed by atoms with Crippen LogP contribution in [0.25, 0.3) is 6.08 Å². The van der Waals surface area contributed by atoms with E-state index in [0.717, 1.165) is 11.3 Å². The van der Waals surface area contributed by atoms with Gasteiger partial charge < -0.3 is 4.90 Å². The number of anilines is 1. The summed E-state index contributed by atoms with van der Waals surface area (Å²) < 4.78 is 0.659. The van der Waals surface area contributed by atoms with Gasteiger partial charge in [0.1, 0.15) is 7.85 Å². The van der Waals surface area contributed by atoms with Crippen LogP contribution in [-0.2, 0) is 0 Å². The molecular formula is C15H14BNOS. The van der Waals surface area contributed by atoms with E-state index >= 15 is 0 Å². The molecule has 1 aromatic carbocycles. The van der Waals surface area contributed by atoms with E-state index in [9.17, 15) is 4.79 Å². The standard InChI is InChI=1S/C15H14BNOS/c1-17(2)12-6-3-11(4-7-12)5-8-13(18)14-9-10-15(16)19-14/h3-10H,1-2H3/b8-5+. The van der Waals surface area contributed by atoms with E-state index in [1.54, 1.807) is 18.2 Å². The summed E-state index contributed by atoms with van der Waals surface area (Å²) in [7, 11) is 9.60. The van der Waals surface area contributed by atoms with Crippen LogP contribution in [0.15, 0.2) is 42.5 Å². The van der Waals surface area contributed by atoms with Gasteiger partial charge in [-0.15, -0.1) is 11.3 Å². The largest absolute Gasteiger partial charge is 0.378 e. The minimum absolute atomic E-state index is 0.0154. The molecule has 2 aromatic rings. The highest BCUT2D eigenvalue weighted by atomic mass is 32.1. The maximum atomic E-state index is 11.9. The highest BCUT2D eigenvalue weighted by Crippen LogP contribution is 2.14. The van der Waals surface area contributed by atoms with Crippen molar-refractivity contribution in [2.45, 2.75) is 0 Å². The molecule has 1 heterocycles. The van der Waals surface area contributed by atoms with Crippen LogP contribution in [0, 0.1) is 0 Å². The molecule has 0 unspecified atom stereocenters. The third-order valence-electron chi connectivity index (χ3n) is 2.71. The Morgan fingerprint density at radius 3 is 2.37 bits per heavy atom. The fraction of sp³-hybridized carbons (Fsp3) is 0.133. The number of hydrogen-bond acceptors (Lipinski definition) is 3. The van der Waals surface area contributed by atoms with Crippen LogP contribution in [0.3, 0.4) is 0 Å². The Labute approximate surface area is 118 Å². The Morgan fingerprint density at radius 1 is 1.16 bits per heavy atom. The summed E-state index contributed by atoms with van der Waals surface area (Å²) in [5, 5.41) is 0. The van der Waals surface area contributed by atoms with Gasteiger partial charge >= 0.3 is 0 Å². The number of carbonyl (C=O) groups is 1. The van der Waals surface area contributed by atoms with Gasteiger partial charge in [-0.05, 0) is 34.6 Å². The van der Waals surface area contributed by atoms with Gasteiger partial charge in [0, 0.05) is 19.8 Å². The van der Waals surface area contributed by atoms with Crippen LogP contribution < -0.4 is 9.68 Å². The minimum atomic E-state index is -0.0154. The molecule has 0 spiro atoms. The molecule has 0 saturated carbocycles. The van der Waals surface area contributed by atoms with Gasteiger partial charge in [0.05, 0.1) is 4.88 Å². The minimum Gasteiger partial charge on any atom is -0.378 e. The normalized spacial score (nSPS) is 10.8. The first kappa shape index (κ1) is 13.6. The number of ketones is 1. The number of allylic oxidation sites excluding steroid dienone is 1. The topological polar surface area (TPSA) is 20.3 Å². The first-order valence-electron chi connectivity index (χ1n) is 5.91. The zero-order chi connectivity index (χ0) is 13.8. The summed E-state index contributed by atoms with van der Waals surface area (Å²) >= 11 is 1.31. The van der Waals surface area contributed by atoms with Crippen LogP contribution in [0.5, 0.6) is 0 Å². The second-order valence-electron chi connectivity index (χ2n) is 4.39. The van der Waals surface area contributed by atoms with Crippen LogP contribution in [0.2, 0.25) is 0 Å². The second-order valence-corrected chi connectivity index (χ2v) is 5.50. The smallest absolute Gasteiger partial charge is 0.195 e. The number of thiophene rings is 1. The highest BCUT2D eigenvalue weighted by Gasteiger charge is 2.03. The fourth-order valence-electron chi connectivity index (χ4n) is 1.62. The maximum Gasteiger partial charge on any atom is 0.195 e. The van der Waals surface area contributed by atoms with Gasteiger partial charge in [0.25, 0.3) is 0 Å². The predicted molar refractivity (Wildman–Crippen MR) is 83.8 cm³/mol. The monoisotopic (exact) mass is 267 g/mol. The lowest BCUT2D eigenvalue weighted by molar-refractivity contribution is 0.105. The summed E-state index contributed by atoms with van der Waals surface area (Å²) in [5.74, 6) is -0.0154. The average Bonchev–Trinajstić information content (AvgIpc) is 2.83. The molecule has 2 rings (SSSR count). The Hall–Kier alpha value is -1.81. The van der Waals surface area contributed by atoms with E-state index in [-0.39, 0.29) is 5.78 Å². The van der Waals surface area contributed by atoms with E-state index in [2.05, 4.69) is 0 Å². The number of rotatable bonds is 4. The van der Waals surface area contributed by atoms with E-state index in [0.29, 0.717) is 9.65 Å². The lowest BCUT2D eigenvalue weighted by Gasteiger charge is -2.11. The molecule has 0 saturated heterocycles. The van der Waals surface area contributed by atoms with Gasteiger partial charge in [-0.2, -0.15) is 0 Å². The molecule has 4 heteroatoms. The number of carbonyl (C=O) groups excluding carboxylic acids is 1. The van der Waals surface area contributed by atoms with E-state index in [4.69, 9.17) is 7.85 Å². The van der Waals surface area contributed by atoms with Crippen molar-refractivity contribution in [1.82, 2.24) is 0 Å². The summed E-state index contributed by atoms with van der Waals surface area (Å²) in [4.78, 5) is 14.6. The van der Waals surface area contributed by atoms with Gasteiger partial charge in [0.2, 0.25) is 0 Å².